The molecule has 0 amide bonds. The van der Waals surface area contributed by atoms with Crippen LogP contribution in [0, 0.1) is 0 Å². The lowest BCUT2D eigenvalue weighted by Gasteiger charge is -1.93. The molecule has 0 aromatic heterocycles. The van der Waals surface area contributed by atoms with E-state index in [9.17, 15) is 0 Å². The number of hydrogen-bond donors (Lipinski definition) is 1. The van der Waals surface area contributed by atoms with Crippen molar-refractivity contribution in [2.24, 2.45) is 0 Å². The van der Waals surface area contributed by atoms with Crippen LogP contribution in [0.1, 0.15) is 5.56 Å². The van der Waals surface area contributed by atoms with Crippen molar-refractivity contribution < 1.29 is 4.55 Å². The second kappa shape index (κ2) is 3.44. The largest absolute Gasteiger partial charge is 0.325 e. The van der Waals surface area contributed by atoms with Crippen LogP contribution in [0.15, 0.2) is 35.7 Å². The summed E-state index contributed by atoms with van der Waals surface area (Å²) >= 11 is 0.754. The molecule has 0 radical (unpaired) electrons. The summed E-state index contributed by atoms with van der Waals surface area (Å²) < 4.78 is 8.59. The Hall–Kier alpha value is -0.730. The summed E-state index contributed by atoms with van der Waals surface area (Å²) in [5.74, 6) is 0. The van der Waals surface area contributed by atoms with Crippen LogP contribution in [0.4, 0.5) is 0 Å². The molecular formula is C8H8OS. The van der Waals surface area contributed by atoms with Crippen molar-refractivity contribution >= 4 is 18.1 Å². The molecule has 0 aliphatic heterocycles. The highest BCUT2D eigenvalue weighted by molar-refractivity contribution is 7.93. The van der Waals surface area contributed by atoms with Gasteiger partial charge in [-0.3, -0.25) is 0 Å². The average Bonchev–Trinajstić information content (AvgIpc) is 2.05. The molecule has 0 saturated carbocycles. The van der Waals surface area contributed by atoms with E-state index < -0.39 is 0 Å². The highest BCUT2D eigenvalue weighted by Crippen LogP contribution is 2.14. The van der Waals surface area contributed by atoms with Crippen LogP contribution in [-0.4, -0.2) is 4.55 Å². The molecule has 2 heteroatoms. The van der Waals surface area contributed by atoms with Crippen molar-refractivity contribution in [2.45, 2.75) is 4.90 Å². The molecule has 0 bridgehead atoms. The van der Waals surface area contributed by atoms with Gasteiger partial charge in [0.25, 0.3) is 0 Å². The van der Waals surface area contributed by atoms with Gasteiger partial charge in [-0.2, -0.15) is 0 Å². The first-order valence-electron chi connectivity index (χ1n) is 2.90. The molecule has 10 heavy (non-hydrogen) atoms. The summed E-state index contributed by atoms with van der Waals surface area (Å²) in [5.41, 5.74) is 1.07. The van der Waals surface area contributed by atoms with Crippen LogP contribution >= 0.6 is 12.0 Å². The molecule has 1 aromatic rings. The third-order valence-electron chi connectivity index (χ3n) is 1.22. The first-order valence-corrected chi connectivity index (χ1v) is 3.68. The van der Waals surface area contributed by atoms with Crippen molar-refractivity contribution in [3.05, 3.63) is 36.4 Å². The maximum absolute atomic E-state index is 8.59. The molecule has 1 rings (SSSR count). The van der Waals surface area contributed by atoms with Crippen LogP contribution in [0.3, 0.4) is 0 Å². The van der Waals surface area contributed by atoms with E-state index in [1.807, 2.05) is 24.3 Å². The van der Waals surface area contributed by atoms with E-state index in [0.29, 0.717) is 0 Å². The first-order chi connectivity index (χ1) is 4.86. The van der Waals surface area contributed by atoms with Crippen molar-refractivity contribution in [1.82, 2.24) is 0 Å². The topological polar surface area (TPSA) is 20.2 Å². The van der Waals surface area contributed by atoms with Gasteiger partial charge < -0.3 is 4.55 Å². The molecule has 0 unspecified atom stereocenters. The fourth-order valence-electron chi connectivity index (χ4n) is 0.665. The van der Waals surface area contributed by atoms with Crippen LogP contribution in [0.5, 0.6) is 0 Å². The van der Waals surface area contributed by atoms with E-state index in [-0.39, 0.29) is 0 Å². The second-order valence-electron chi connectivity index (χ2n) is 1.86. The predicted molar refractivity (Wildman–Crippen MR) is 45.0 cm³/mol. The summed E-state index contributed by atoms with van der Waals surface area (Å²) in [6.07, 6.45) is 1.77. The number of hydrogen-bond acceptors (Lipinski definition) is 2. The fourth-order valence-corrected chi connectivity index (χ4v) is 0.923. The van der Waals surface area contributed by atoms with E-state index in [0.717, 1.165) is 22.5 Å². The zero-order chi connectivity index (χ0) is 7.40. The lowest BCUT2D eigenvalue weighted by Crippen LogP contribution is -1.71. The molecule has 0 atom stereocenters. The van der Waals surface area contributed by atoms with Gasteiger partial charge in [0.15, 0.2) is 0 Å². The van der Waals surface area contributed by atoms with Gasteiger partial charge in [-0.1, -0.05) is 24.8 Å². The normalized spacial score (nSPS) is 9.30. The van der Waals surface area contributed by atoms with Crippen LogP contribution < -0.4 is 0 Å². The Kier molecular flexibility index (Phi) is 2.54. The molecule has 1 nitrogen and oxygen atoms in total. The Morgan fingerprint density at radius 1 is 1.30 bits per heavy atom. The third-order valence-corrected chi connectivity index (χ3v) is 1.70. The van der Waals surface area contributed by atoms with Crippen molar-refractivity contribution in [1.29, 1.82) is 0 Å². The van der Waals surface area contributed by atoms with Gasteiger partial charge in [0.2, 0.25) is 0 Å². The lowest BCUT2D eigenvalue weighted by atomic mass is 10.2. The van der Waals surface area contributed by atoms with Gasteiger partial charge in [0, 0.05) is 16.9 Å². The zero-order valence-electron chi connectivity index (χ0n) is 5.45. The fraction of sp³-hybridized carbons (Fsp3) is 0. The smallest absolute Gasteiger partial charge is 0.0351 e. The molecule has 0 heterocycles. The van der Waals surface area contributed by atoms with E-state index in [1.54, 1.807) is 6.08 Å². The Balaban J connectivity index is 2.90. The predicted octanol–water partition coefficient (Wildman–Crippen LogP) is 2.89. The SMILES string of the molecule is C=Cc1ccc(SO)cc1. The van der Waals surface area contributed by atoms with Crippen molar-refractivity contribution in [3.8, 4) is 0 Å². The standard InChI is InChI=1S/C8H8OS/c1-2-7-3-5-8(10-9)6-4-7/h2-6,9H,1H2. The van der Waals surface area contributed by atoms with E-state index in [1.165, 1.54) is 0 Å². The third kappa shape index (κ3) is 1.62. The molecule has 52 valence electrons. The summed E-state index contributed by atoms with van der Waals surface area (Å²) in [5, 5.41) is 0. The quantitative estimate of drug-likeness (QED) is 0.657. The van der Waals surface area contributed by atoms with Gasteiger partial charge >= 0.3 is 0 Å². The van der Waals surface area contributed by atoms with Crippen LogP contribution in [0.25, 0.3) is 6.08 Å². The molecule has 1 N–H and O–H groups in total. The molecule has 0 spiro atoms. The summed E-state index contributed by atoms with van der Waals surface area (Å²) in [6.45, 7) is 3.62. The zero-order valence-corrected chi connectivity index (χ0v) is 6.27. The lowest BCUT2D eigenvalue weighted by molar-refractivity contribution is 0.664. The average molecular weight is 152 g/mol. The van der Waals surface area contributed by atoms with E-state index >= 15 is 0 Å². The maximum atomic E-state index is 8.59. The summed E-state index contributed by atoms with van der Waals surface area (Å²) in [4.78, 5) is 0.852. The Morgan fingerprint density at radius 3 is 2.30 bits per heavy atom. The Morgan fingerprint density at radius 2 is 1.90 bits per heavy atom. The van der Waals surface area contributed by atoms with E-state index in [2.05, 4.69) is 6.58 Å². The second-order valence-corrected chi connectivity index (χ2v) is 2.52. The first kappa shape index (κ1) is 7.38. The van der Waals surface area contributed by atoms with Crippen molar-refractivity contribution in [2.75, 3.05) is 0 Å². The van der Waals surface area contributed by atoms with Gasteiger partial charge in [0.1, 0.15) is 0 Å². The van der Waals surface area contributed by atoms with Gasteiger partial charge in [-0.05, 0) is 17.7 Å². The minimum atomic E-state index is 0.754. The molecular weight excluding hydrogens is 144 g/mol. The maximum Gasteiger partial charge on any atom is 0.0351 e. The highest BCUT2D eigenvalue weighted by Gasteiger charge is 1.88. The minimum Gasteiger partial charge on any atom is -0.325 e. The van der Waals surface area contributed by atoms with Crippen molar-refractivity contribution in [3.63, 3.8) is 0 Å². The highest BCUT2D eigenvalue weighted by atomic mass is 32.2. The Labute approximate surface area is 64.6 Å². The molecule has 0 aliphatic carbocycles. The van der Waals surface area contributed by atoms with Gasteiger partial charge in [-0.25, -0.2) is 0 Å². The summed E-state index contributed by atoms with van der Waals surface area (Å²) in [7, 11) is 0. The van der Waals surface area contributed by atoms with Gasteiger partial charge in [0.05, 0.1) is 0 Å². The van der Waals surface area contributed by atoms with Gasteiger partial charge in [-0.15, -0.1) is 0 Å². The summed E-state index contributed by atoms with van der Waals surface area (Å²) in [6, 6.07) is 7.51. The Bertz CT molecular complexity index is 215. The van der Waals surface area contributed by atoms with Crippen LogP contribution in [-0.2, 0) is 0 Å². The molecule has 0 aliphatic rings. The molecule has 0 fully saturated rings. The van der Waals surface area contributed by atoms with E-state index in [4.69, 9.17) is 4.55 Å². The number of benzene rings is 1. The molecule has 1 aromatic carbocycles. The minimum absolute atomic E-state index is 0.754. The monoisotopic (exact) mass is 152 g/mol. The molecule has 0 saturated heterocycles. The number of rotatable bonds is 2. The van der Waals surface area contributed by atoms with Crippen LogP contribution in [0.2, 0.25) is 0 Å².